The number of imidazole rings is 1. The van der Waals surface area contributed by atoms with Crippen molar-refractivity contribution in [2.75, 3.05) is 17.9 Å². The highest BCUT2D eigenvalue weighted by molar-refractivity contribution is 7.92. The lowest BCUT2D eigenvalue weighted by Gasteiger charge is -2.19. The van der Waals surface area contributed by atoms with Crippen LogP contribution in [0.3, 0.4) is 0 Å². The zero-order valence-corrected chi connectivity index (χ0v) is 20.2. The molecule has 0 bridgehead atoms. The van der Waals surface area contributed by atoms with E-state index in [4.69, 9.17) is 14.2 Å². The van der Waals surface area contributed by atoms with Gasteiger partial charge < -0.3 is 14.2 Å². The molecule has 0 saturated carbocycles. The Morgan fingerprint density at radius 2 is 1.69 bits per heavy atom. The summed E-state index contributed by atoms with van der Waals surface area (Å²) in [4.78, 5) is 13.2. The topological polar surface area (TPSA) is 117 Å². The van der Waals surface area contributed by atoms with Gasteiger partial charge in [0.15, 0.2) is 11.5 Å². The molecule has 0 atom stereocenters. The summed E-state index contributed by atoms with van der Waals surface area (Å²) in [7, 11) is -3.82. The molecule has 2 aromatic heterocycles. The number of benzene rings is 2. The van der Waals surface area contributed by atoms with E-state index >= 15 is 0 Å². The molecule has 0 radical (unpaired) electrons. The summed E-state index contributed by atoms with van der Waals surface area (Å²) < 4.78 is 47.0. The fraction of sp³-hybridized carbons (Fsp3) is 0.208. The van der Waals surface area contributed by atoms with Gasteiger partial charge in [0.2, 0.25) is 5.88 Å². The fourth-order valence-corrected chi connectivity index (χ4v) is 4.62. The molecule has 0 amide bonds. The first-order chi connectivity index (χ1) is 16.8. The van der Waals surface area contributed by atoms with E-state index in [0.717, 1.165) is 11.4 Å². The predicted octanol–water partition coefficient (Wildman–Crippen LogP) is 3.95. The number of nitrogens with one attached hydrogen (secondary N) is 1. The van der Waals surface area contributed by atoms with E-state index in [9.17, 15) is 8.42 Å². The van der Waals surface area contributed by atoms with Crippen LogP contribution in [0.5, 0.6) is 23.1 Å². The fourth-order valence-electron chi connectivity index (χ4n) is 3.55. The number of rotatable bonds is 6. The first-order valence-electron chi connectivity index (χ1n) is 10.9. The van der Waals surface area contributed by atoms with Gasteiger partial charge in [0.25, 0.3) is 10.0 Å². The van der Waals surface area contributed by atoms with Crippen LogP contribution < -0.4 is 18.9 Å². The van der Waals surface area contributed by atoms with Gasteiger partial charge in [-0.1, -0.05) is 0 Å². The largest absolute Gasteiger partial charge is 0.486 e. The number of hydrogen-bond acceptors (Lipinski definition) is 8. The van der Waals surface area contributed by atoms with Gasteiger partial charge in [0.1, 0.15) is 36.9 Å². The molecule has 35 heavy (non-hydrogen) atoms. The monoisotopic (exact) mass is 493 g/mol. The van der Waals surface area contributed by atoms with Crippen LogP contribution in [0, 0.1) is 20.8 Å². The van der Waals surface area contributed by atoms with E-state index in [1.54, 1.807) is 49.6 Å². The van der Waals surface area contributed by atoms with E-state index < -0.39 is 10.0 Å². The highest BCUT2D eigenvalue weighted by Crippen LogP contribution is 2.33. The second-order valence-corrected chi connectivity index (χ2v) is 9.62. The molecule has 180 valence electrons. The molecule has 5 rings (SSSR count). The lowest BCUT2D eigenvalue weighted by molar-refractivity contribution is 0.171. The number of anilines is 1. The molecule has 0 fully saturated rings. The molecule has 3 heterocycles. The maximum absolute atomic E-state index is 12.8. The van der Waals surface area contributed by atoms with Gasteiger partial charge in [-0.3, -0.25) is 9.29 Å². The third-order valence-corrected chi connectivity index (χ3v) is 6.83. The summed E-state index contributed by atoms with van der Waals surface area (Å²) in [5.41, 5.74) is 2.28. The van der Waals surface area contributed by atoms with Gasteiger partial charge in [-0.15, -0.1) is 0 Å². The third kappa shape index (κ3) is 4.76. The van der Waals surface area contributed by atoms with Gasteiger partial charge in [0.05, 0.1) is 10.6 Å². The Morgan fingerprint density at radius 3 is 2.40 bits per heavy atom. The molecule has 0 aliphatic carbocycles. The van der Waals surface area contributed by atoms with Gasteiger partial charge in [-0.05, 0) is 57.2 Å². The maximum Gasteiger partial charge on any atom is 0.262 e. The van der Waals surface area contributed by atoms with E-state index in [0.29, 0.717) is 53.7 Å². The van der Waals surface area contributed by atoms with Gasteiger partial charge in [-0.25, -0.2) is 18.4 Å². The Kier molecular flexibility index (Phi) is 5.77. The Labute approximate surface area is 202 Å². The lowest BCUT2D eigenvalue weighted by Crippen LogP contribution is -2.17. The Morgan fingerprint density at radius 1 is 0.943 bits per heavy atom. The summed E-state index contributed by atoms with van der Waals surface area (Å²) in [5, 5.41) is 0. The molecular formula is C24H23N5O5S. The van der Waals surface area contributed by atoms with Crippen molar-refractivity contribution in [2.24, 2.45) is 0 Å². The predicted molar refractivity (Wildman–Crippen MR) is 128 cm³/mol. The van der Waals surface area contributed by atoms with Gasteiger partial charge in [0, 0.05) is 23.5 Å². The van der Waals surface area contributed by atoms with Crippen molar-refractivity contribution in [3.05, 3.63) is 72.1 Å². The summed E-state index contributed by atoms with van der Waals surface area (Å²) in [6.45, 7) is 6.49. The average Bonchev–Trinajstić information content (AvgIpc) is 3.17. The summed E-state index contributed by atoms with van der Waals surface area (Å²) in [5.74, 6) is 2.99. The number of fused-ring (bicyclic) bond motifs is 1. The summed E-state index contributed by atoms with van der Waals surface area (Å²) in [6.07, 6.45) is 1.71. The quantitative estimate of drug-likeness (QED) is 0.429. The minimum absolute atomic E-state index is 0.0797. The van der Waals surface area contributed by atoms with Crippen LogP contribution in [0.4, 0.5) is 5.69 Å². The average molecular weight is 494 g/mol. The smallest absolute Gasteiger partial charge is 0.262 e. The van der Waals surface area contributed by atoms with Crippen molar-refractivity contribution in [3.63, 3.8) is 0 Å². The van der Waals surface area contributed by atoms with Crippen LogP contribution in [0.2, 0.25) is 0 Å². The van der Waals surface area contributed by atoms with E-state index in [2.05, 4.69) is 19.7 Å². The minimum atomic E-state index is -3.82. The van der Waals surface area contributed by atoms with Crippen molar-refractivity contribution in [3.8, 4) is 28.9 Å². The lowest BCUT2D eigenvalue weighted by atomic mass is 10.3. The summed E-state index contributed by atoms with van der Waals surface area (Å²) in [6, 6.07) is 12.8. The second kappa shape index (κ2) is 8.91. The summed E-state index contributed by atoms with van der Waals surface area (Å²) >= 11 is 0. The normalized spacial score (nSPS) is 12.9. The maximum atomic E-state index is 12.8. The standard InChI is InChI=1S/C24H23N5O5S/c1-15-16(2)29(14-25-15)23-13-24(27-17(3)26-23)34-19-6-4-18(5-7-19)28-35(30,31)20-8-9-21-22(12-20)33-11-10-32-21/h4-9,12-14,28H,10-11H2,1-3H3. The van der Waals surface area contributed by atoms with Crippen molar-refractivity contribution in [1.82, 2.24) is 19.5 Å². The molecule has 1 aliphatic heterocycles. The molecule has 1 aliphatic rings. The van der Waals surface area contributed by atoms with Crippen LogP contribution in [0.25, 0.3) is 5.82 Å². The molecule has 0 saturated heterocycles. The first kappa shape index (κ1) is 22.7. The molecule has 1 N–H and O–H groups in total. The molecule has 2 aromatic carbocycles. The van der Waals surface area contributed by atoms with Crippen LogP contribution in [0.1, 0.15) is 17.2 Å². The van der Waals surface area contributed by atoms with Crippen LogP contribution in [-0.4, -0.2) is 41.2 Å². The zero-order chi connectivity index (χ0) is 24.6. The molecule has 10 nitrogen and oxygen atoms in total. The minimum Gasteiger partial charge on any atom is -0.486 e. The van der Waals surface area contributed by atoms with E-state index in [1.165, 1.54) is 12.1 Å². The molecule has 0 spiro atoms. The Hall–Kier alpha value is -4.12. The molecule has 4 aromatic rings. The highest BCUT2D eigenvalue weighted by atomic mass is 32.2. The number of nitrogens with zero attached hydrogens (tertiary/aromatic N) is 4. The number of ether oxygens (including phenoxy) is 3. The Balaban J connectivity index is 1.32. The highest BCUT2D eigenvalue weighted by Gasteiger charge is 2.19. The van der Waals surface area contributed by atoms with E-state index in [1.807, 2.05) is 18.4 Å². The van der Waals surface area contributed by atoms with Crippen LogP contribution in [-0.2, 0) is 10.0 Å². The van der Waals surface area contributed by atoms with Crippen molar-refractivity contribution < 1.29 is 22.6 Å². The van der Waals surface area contributed by atoms with E-state index in [-0.39, 0.29) is 4.90 Å². The van der Waals surface area contributed by atoms with Crippen molar-refractivity contribution in [2.45, 2.75) is 25.7 Å². The molecular weight excluding hydrogens is 470 g/mol. The Bertz CT molecular complexity index is 1500. The SMILES string of the molecule is Cc1nc(Oc2ccc(NS(=O)(=O)c3ccc4c(c3)OCCO4)cc2)cc(-n2cnc(C)c2C)n1. The zero-order valence-electron chi connectivity index (χ0n) is 19.3. The molecule has 0 unspecified atom stereocenters. The van der Waals surface area contributed by atoms with Crippen LogP contribution in [0.15, 0.2) is 59.8 Å². The number of aromatic nitrogens is 4. The molecule has 11 heteroatoms. The number of sulfonamides is 1. The second-order valence-electron chi connectivity index (χ2n) is 7.93. The first-order valence-corrected chi connectivity index (χ1v) is 12.3. The van der Waals surface area contributed by atoms with Crippen molar-refractivity contribution >= 4 is 15.7 Å². The van der Waals surface area contributed by atoms with Gasteiger partial charge >= 0.3 is 0 Å². The third-order valence-electron chi connectivity index (χ3n) is 5.45. The van der Waals surface area contributed by atoms with Gasteiger partial charge in [-0.2, -0.15) is 4.98 Å². The number of aryl methyl sites for hydroxylation is 2. The number of hydrogen-bond donors (Lipinski definition) is 1. The van der Waals surface area contributed by atoms with Crippen LogP contribution >= 0.6 is 0 Å². The van der Waals surface area contributed by atoms with Crippen molar-refractivity contribution in [1.29, 1.82) is 0 Å².